The molecule has 0 atom stereocenters. The van der Waals surface area contributed by atoms with Gasteiger partial charge in [-0.1, -0.05) is 20.8 Å². The highest BCUT2D eigenvalue weighted by molar-refractivity contribution is 5.98. The molecule has 14 heavy (non-hydrogen) atoms. The summed E-state index contributed by atoms with van der Waals surface area (Å²) in [6, 6.07) is 0. The van der Waals surface area contributed by atoms with E-state index < -0.39 is 17.0 Å². The van der Waals surface area contributed by atoms with Crippen molar-refractivity contribution in [3.05, 3.63) is 0 Å². The van der Waals surface area contributed by atoms with Crippen molar-refractivity contribution in [2.45, 2.75) is 53.6 Å². The van der Waals surface area contributed by atoms with E-state index in [0.717, 1.165) is 0 Å². The molecule has 0 saturated heterocycles. The molecule has 0 aromatic carbocycles. The van der Waals surface area contributed by atoms with Gasteiger partial charge in [0.05, 0.1) is 0 Å². The van der Waals surface area contributed by atoms with Crippen molar-refractivity contribution >= 4 is 11.8 Å². The third-order valence-corrected chi connectivity index (χ3v) is 1.56. The Morgan fingerprint density at radius 3 is 1.71 bits per heavy atom. The maximum atomic E-state index is 11.5. The number of hydrogen-bond acceptors (Lipinski definition) is 3. The van der Waals surface area contributed by atoms with Gasteiger partial charge in [-0.2, -0.15) is 0 Å². The van der Waals surface area contributed by atoms with Gasteiger partial charge >= 0.3 is 5.97 Å². The van der Waals surface area contributed by atoms with Crippen LogP contribution in [0, 0.1) is 5.41 Å². The van der Waals surface area contributed by atoms with Crippen molar-refractivity contribution in [1.82, 2.24) is 0 Å². The number of ketones is 1. The summed E-state index contributed by atoms with van der Waals surface area (Å²) in [5.41, 5.74) is -0.994. The number of Topliss-reactive ketones (excluding diaryl/α,β-unsaturated/α-hetero) is 1. The maximum Gasteiger partial charge on any atom is 0.313 e. The highest BCUT2D eigenvalue weighted by Crippen LogP contribution is 2.18. The molecule has 0 bridgehead atoms. The molecule has 0 aliphatic rings. The van der Waals surface area contributed by atoms with Gasteiger partial charge in [-0.25, -0.2) is 0 Å². The molecule has 0 rings (SSSR count). The summed E-state index contributed by atoms with van der Waals surface area (Å²) < 4.78 is 5.04. The van der Waals surface area contributed by atoms with Crippen LogP contribution in [0.4, 0.5) is 0 Å². The van der Waals surface area contributed by atoms with Crippen LogP contribution in [0.1, 0.15) is 48.0 Å². The van der Waals surface area contributed by atoms with Gasteiger partial charge in [-0.05, 0) is 20.8 Å². The lowest BCUT2D eigenvalue weighted by molar-refractivity contribution is -0.157. The van der Waals surface area contributed by atoms with Gasteiger partial charge in [-0.3, -0.25) is 9.59 Å². The van der Waals surface area contributed by atoms with Gasteiger partial charge in [0.15, 0.2) is 0 Å². The highest BCUT2D eigenvalue weighted by Gasteiger charge is 2.26. The first-order valence-corrected chi connectivity index (χ1v) is 4.77. The first kappa shape index (κ1) is 13.1. The second kappa shape index (κ2) is 4.11. The normalized spacial score (nSPS) is 12.4. The van der Waals surface area contributed by atoms with Crippen molar-refractivity contribution in [3.8, 4) is 0 Å². The summed E-state index contributed by atoms with van der Waals surface area (Å²) in [5.74, 6) is -0.538. The molecule has 0 radical (unpaired) electrons. The van der Waals surface area contributed by atoms with Crippen molar-refractivity contribution in [1.29, 1.82) is 0 Å². The van der Waals surface area contributed by atoms with Crippen LogP contribution < -0.4 is 0 Å². The van der Waals surface area contributed by atoms with E-state index in [1.165, 1.54) is 0 Å². The number of esters is 1. The van der Waals surface area contributed by atoms with Gasteiger partial charge in [0.25, 0.3) is 0 Å². The molecule has 0 aromatic rings. The van der Waals surface area contributed by atoms with Gasteiger partial charge in [-0.15, -0.1) is 0 Å². The number of carbonyl (C=O) groups excluding carboxylic acids is 2. The summed E-state index contributed by atoms with van der Waals surface area (Å²) in [6.45, 7) is 10.7. The Bertz CT molecular complexity index is 228. The molecule has 3 nitrogen and oxygen atoms in total. The zero-order valence-electron chi connectivity index (χ0n) is 9.93. The van der Waals surface area contributed by atoms with E-state index in [9.17, 15) is 9.59 Å². The van der Waals surface area contributed by atoms with Gasteiger partial charge in [0.1, 0.15) is 17.8 Å². The predicted octanol–water partition coefficient (Wildman–Crippen LogP) is 2.33. The smallest absolute Gasteiger partial charge is 0.313 e. The third kappa shape index (κ3) is 5.73. The largest absolute Gasteiger partial charge is 0.460 e. The summed E-state index contributed by atoms with van der Waals surface area (Å²) in [5, 5.41) is 0. The van der Waals surface area contributed by atoms with E-state index in [2.05, 4.69) is 0 Å². The first-order valence-electron chi connectivity index (χ1n) is 4.77. The van der Waals surface area contributed by atoms with Crippen LogP contribution in [-0.4, -0.2) is 17.4 Å². The van der Waals surface area contributed by atoms with E-state index in [1.807, 2.05) is 0 Å². The molecule has 0 aliphatic heterocycles. The lowest BCUT2D eigenvalue weighted by Crippen LogP contribution is -2.29. The van der Waals surface area contributed by atoms with E-state index in [0.29, 0.717) is 0 Å². The van der Waals surface area contributed by atoms with Gasteiger partial charge in [0, 0.05) is 5.41 Å². The zero-order valence-corrected chi connectivity index (χ0v) is 9.93. The van der Waals surface area contributed by atoms with Crippen LogP contribution >= 0.6 is 0 Å². The average Bonchev–Trinajstić information content (AvgIpc) is 1.79. The Hall–Kier alpha value is -0.860. The Morgan fingerprint density at radius 2 is 1.43 bits per heavy atom. The van der Waals surface area contributed by atoms with Crippen molar-refractivity contribution in [2.24, 2.45) is 5.41 Å². The van der Waals surface area contributed by atoms with Crippen LogP contribution in [0.3, 0.4) is 0 Å². The Labute approximate surface area is 85.8 Å². The maximum absolute atomic E-state index is 11.5. The molecule has 0 spiro atoms. The second-order valence-electron chi connectivity index (χ2n) is 5.44. The fraction of sp³-hybridized carbons (Fsp3) is 0.818. The highest BCUT2D eigenvalue weighted by atomic mass is 16.6. The average molecular weight is 200 g/mol. The van der Waals surface area contributed by atoms with Crippen LogP contribution in [-0.2, 0) is 14.3 Å². The standard InChI is InChI=1S/C11H20O3/c1-10(2,3)8(12)7-9(13)14-11(4,5)6/h7H2,1-6H3. The van der Waals surface area contributed by atoms with E-state index in [-0.39, 0.29) is 12.2 Å². The minimum Gasteiger partial charge on any atom is -0.460 e. The van der Waals surface area contributed by atoms with Crippen LogP contribution in [0.2, 0.25) is 0 Å². The van der Waals surface area contributed by atoms with Crippen LogP contribution in [0.5, 0.6) is 0 Å². The molecule has 3 heteroatoms. The molecule has 0 aromatic heterocycles. The number of ether oxygens (including phenoxy) is 1. The number of carbonyl (C=O) groups is 2. The lowest BCUT2D eigenvalue weighted by Gasteiger charge is -2.21. The Morgan fingerprint density at radius 1 is 1.00 bits per heavy atom. The summed E-state index contributed by atoms with van der Waals surface area (Å²) in [4.78, 5) is 22.7. The quantitative estimate of drug-likeness (QED) is 0.507. The zero-order chi connectivity index (χ0) is 11.6. The monoisotopic (exact) mass is 200 g/mol. The molecular formula is C11H20O3. The van der Waals surface area contributed by atoms with E-state index in [1.54, 1.807) is 41.5 Å². The van der Waals surface area contributed by atoms with Gasteiger partial charge in [0.2, 0.25) is 0 Å². The van der Waals surface area contributed by atoms with Crippen molar-refractivity contribution in [2.75, 3.05) is 0 Å². The molecule has 82 valence electrons. The van der Waals surface area contributed by atoms with Gasteiger partial charge < -0.3 is 4.74 Å². The Balaban J connectivity index is 4.16. The van der Waals surface area contributed by atoms with E-state index >= 15 is 0 Å². The van der Waals surface area contributed by atoms with Crippen LogP contribution in [0.25, 0.3) is 0 Å². The second-order valence-corrected chi connectivity index (χ2v) is 5.44. The lowest BCUT2D eigenvalue weighted by atomic mass is 9.89. The fourth-order valence-electron chi connectivity index (χ4n) is 0.774. The molecule has 0 fully saturated rings. The summed E-state index contributed by atoms with van der Waals surface area (Å²) >= 11 is 0. The molecule has 0 amide bonds. The minimum absolute atomic E-state index is 0.0910. The number of rotatable bonds is 2. The Kier molecular flexibility index (Phi) is 3.86. The fourth-order valence-corrected chi connectivity index (χ4v) is 0.774. The molecule has 0 saturated carbocycles. The van der Waals surface area contributed by atoms with Crippen LogP contribution in [0.15, 0.2) is 0 Å². The molecule has 0 N–H and O–H groups in total. The predicted molar refractivity (Wildman–Crippen MR) is 54.9 cm³/mol. The molecular weight excluding hydrogens is 180 g/mol. The van der Waals surface area contributed by atoms with Crippen molar-refractivity contribution in [3.63, 3.8) is 0 Å². The summed E-state index contributed by atoms with van der Waals surface area (Å²) in [7, 11) is 0. The SMILES string of the molecule is CC(C)(C)OC(=O)CC(=O)C(C)(C)C. The molecule has 0 aliphatic carbocycles. The van der Waals surface area contributed by atoms with Crippen molar-refractivity contribution < 1.29 is 14.3 Å². The number of hydrogen-bond donors (Lipinski definition) is 0. The third-order valence-electron chi connectivity index (χ3n) is 1.56. The summed E-state index contributed by atoms with van der Waals surface area (Å²) in [6.07, 6.45) is -0.138. The topological polar surface area (TPSA) is 43.4 Å². The van der Waals surface area contributed by atoms with E-state index in [4.69, 9.17) is 4.74 Å². The minimum atomic E-state index is -0.519. The molecule has 0 heterocycles. The molecule has 0 unspecified atom stereocenters. The first-order chi connectivity index (χ1) is 6.02.